The molecule has 0 saturated carbocycles. The van der Waals surface area contributed by atoms with Crippen LogP contribution in [0, 0.1) is 11.8 Å². The third-order valence-corrected chi connectivity index (χ3v) is 6.32. The molecule has 1 aromatic rings. The van der Waals surface area contributed by atoms with Gasteiger partial charge in [-0.2, -0.15) is 0 Å². The van der Waals surface area contributed by atoms with Crippen LogP contribution < -0.4 is 32.3 Å². The summed E-state index contributed by atoms with van der Waals surface area (Å²) in [6.07, 6.45) is 2.43. The Hall–Kier alpha value is -3.67. The summed E-state index contributed by atoms with van der Waals surface area (Å²) in [4.78, 5) is 61.8. The zero-order valence-corrected chi connectivity index (χ0v) is 25.9. The van der Waals surface area contributed by atoms with Crippen molar-refractivity contribution in [3.8, 4) is 0 Å². The number of nitrogens with one attached hydrogen (secondary N) is 5. The molecule has 0 bridgehead atoms. The van der Waals surface area contributed by atoms with Crippen molar-refractivity contribution in [3.05, 3.63) is 29.8 Å². The van der Waals surface area contributed by atoms with Crippen molar-refractivity contribution in [2.75, 3.05) is 18.4 Å². The van der Waals surface area contributed by atoms with Crippen molar-refractivity contribution in [1.82, 2.24) is 21.3 Å². The third kappa shape index (κ3) is 15.4. The maximum Gasteiger partial charge on any atom is 0.312 e. The van der Waals surface area contributed by atoms with Gasteiger partial charge in [0.25, 0.3) is 0 Å². The fourth-order valence-corrected chi connectivity index (χ4v) is 3.86. The zero-order chi connectivity index (χ0) is 31.7. The monoisotopic (exact) mass is 590 g/mol. The number of benzene rings is 1. The van der Waals surface area contributed by atoms with Crippen LogP contribution in [0.5, 0.6) is 0 Å². The largest absolute Gasteiger partial charge is 0.461 e. The van der Waals surface area contributed by atoms with Gasteiger partial charge in [0.15, 0.2) is 0 Å². The summed E-state index contributed by atoms with van der Waals surface area (Å²) in [6.45, 7) is 12.4. The molecule has 0 aliphatic heterocycles. The molecule has 0 aromatic heterocycles. The standard InChI is InChI=1S/C30H50N6O6/c1-19(2)26(36-25(37)11-7-8-16-32-21(5)6)28(39)35-24(10-9-17-33-30(31)41)27(38)34-23-14-12-22(13-15-23)18-42-29(40)20(3)4/h12-15,19-21,24,26,32H,7-11,16-18H2,1-6H3,(H,34,38)(H,35,39)(H,36,37)(H3,31,33,41)/t24-,26-/m0/s1. The number of anilines is 1. The van der Waals surface area contributed by atoms with Gasteiger partial charge in [-0.15, -0.1) is 0 Å². The van der Waals surface area contributed by atoms with E-state index in [-0.39, 0.29) is 43.3 Å². The van der Waals surface area contributed by atoms with E-state index in [0.717, 1.165) is 18.5 Å². The number of rotatable bonds is 19. The average molecular weight is 591 g/mol. The van der Waals surface area contributed by atoms with E-state index < -0.39 is 29.9 Å². The van der Waals surface area contributed by atoms with Crippen molar-refractivity contribution in [3.63, 3.8) is 0 Å². The fourth-order valence-electron chi connectivity index (χ4n) is 3.86. The van der Waals surface area contributed by atoms with E-state index in [4.69, 9.17) is 10.5 Å². The van der Waals surface area contributed by atoms with Crippen LogP contribution in [-0.2, 0) is 30.5 Å². The van der Waals surface area contributed by atoms with Gasteiger partial charge in [-0.25, -0.2) is 4.79 Å². The first kappa shape index (κ1) is 36.4. The molecule has 0 aliphatic rings. The van der Waals surface area contributed by atoms with Crippen LogP contribution in [0.2, 0.25) is 0 Å². The molecule has 7 N–H and O–H groups in total. The molecule has 236 valence electrons. The first-order valence-electron chi connectivity index (χ1n) is 14.7. The molecule has 1 rings (SSSR count). The van der Waals surface area contributed by atoms with Gasteiger partial charge in [0.05, 0.1) is 5.92 Å². The molecule has 0 aliphatic carbocycles. The van der Waals surface area contributed by atoms with Gasteiger partial charge in [0, 0.05) is 24.7 Å². The smallest absolute Gasteiger partial charge is 0.312 e. The number of ether oxygens (including phenoxy) is 1. The molecule has 0 saturated heterocycles. The molecule has 2 atom stereocenters. The van der Waals surface area contributed by atoms with Crippen molar-refractivity contribution in [2.24, 2.45) is 17.6 Å². The molecule has 12 heteroatoms. The van der Waals surface area contributed by atoms with Crippen LogP contribution in [0.1, 0.15) is 79.2 Å². The molecule has 0 unspecified atom stereocenters. The number of carbonyl (C=O) groups is 5. The van der Waals surface area contributed by atoms with Crippen molar-refractivity contribution >= 4 is 35.4 Å². The molecule has 0 fully saturated rings. The number of urea groups is 1. The van der Waals surface area contributed by atoms with E-state index in [1.165, 1.54) is 0 Å². The Bertz CT molecular complexity index is 1010. The Balaban J connectivity index is 2.83. The second kappa shape index (κ2) is 19.5. The summed E-state index contributed by atoms with van der Waals surface area (Å²) >= 11 is 0. The minimum Gasteiger partial charge on any atom is -0.461 e. The van der Waals surface area contributed by atoms with E-state index in [9.17, 15) is 24.0 Å². The number of primary amides is 1. The van der Waals surface area contributed by atoms with Crippen LogP contribution in [0.15, 0.2) is 24.3 Å². The number of nitrogens with two attached hydrogens (primary N) is 1. The Morgan fingerprint density at radius 2 is 1.50 bits per heavy atom. The first-order chi connectivity index (χ1) is 19.8. The maximum absolute atomic E-state index is 13.3. The second-order valence-corrected chi connectivity index (χ2v) is 11.3. The molecule has 0 radical (unpaired) electrons. The number of carbonyl (C=O) groups excluding carboxylic acids is 5. The predicted octanol–water partition coefficient (Wildman–Crippen LogP) is 2.57. The quantitative estimate of drug-likeness (QED) is 0.106. The Labute approximate surface area is 249 Å². The van der Waals surface area contributed by atoms with Crippen molar-refractivity contribution < 1.29 is 28.7 Å². The topological polar surface area (TPSA) is 181 Å². The average Bonchev–Trinajstić information content (AvgIpc) is 2.91. The number of hydrogen-bond donors (Lipinski definition) is 6. The fraction of sp³-hybridized carbons (Fsp3) is 0.633. The lowest BCUT2D eigenvalue weighted by Crippen LogP contribution is -2.54. The van der Waals surface area contributed by atoms with Crippen molar-refractivity contribution in [2.45, 2.75) is 98.4 Å². The lowest BCUT2D eigenvalue weighted by atomic mass is 10.0. The summed E-state index contributed by atoms with van der Waals surface area (Å²) in [5.74, 6) is -1.88. The molecule has 5 amide bonds. The molecule has 42 heavy (non-hydrogen) atoms. The predicted molar refractivity (Wildman–Crippen MR) is 162 cm³/mol. The Morgan fingerprint density at radius 3 is 2.07 bits per heavy atom. The minimum atomic E-state index is -0.931. The molecule has 12 nitrogen and oxygen atoms in total. The van der Waals surface area contributed by atoms with Crippen LogP contribution in [0.25, 0.3) is 0 Å². The zero-order valence-electron chi connectivity index (χ0n) is 25.9. The number of esters is 1. The highest BCUT2D eigenvalue weighted by Crippen LogP contribution is 2.13. The summed E-state index contributed by atoms with van der Waals surface area (Å²) in [5.41, 5.74) is 6.39. The summed E-state index contributed by atoms with van der Waals surface area (Å²) < 4.78 is 5.23. The number of unbranched alkanes of at least 4 members (excludes halogenated alkanes) is 1. The van der Waals surface area contributed by atoms with Crippen LogP contribution in [0.3, 0.4) is 0 Å². The van der Waals surface area contributed by atoms with E-state index in [2.05, 4.69) is 40.4 Å². The van der Waals surface area contributed by atoms with E-state index in [1.807, 2.05) is 13.8 Å². The summed E-state index contributed by atoms with van der Waals surface area (Å²) in [5, 5.41) is 14.2. The van der Waals surface area contributed by atoms with E-state index in [1.54, 1.807) is 38.1 Å². The first-order valence-corrected chi connectivity index (χ1v) is 14.7. The lowest BCUT2D eigenvalue weighted by Gasteiger charge is -2.25. The van der Waals surface area contributed by atoms with Gasteiger partial charge < -0.3 is 37.1 Å². The summed E-state index contributed by atoms with van der Waals surface area (Å²) in [6, 6.07) is 4.77. The highest BCUT2D eigenvalue weighted by molar-refractivity contribution is 5.98. The molecule has 0 heterocycles. The molecule has 0 spiro atoms. The van der Waals surface area contributed by atoms with Gasteiger partial charge in [-0.1, -0.05) is 53.7 Å². The highest BCUT2D eigenvalue weighted by atomic mass is 16.5. The number of amides is 5. The second-order valence-electron chi connectivity index (χ2n) is 11.3. The van der Waals surface area contributed by atoms with Gasteiger partial charge in [0.2, 0.25) is 17.7 Å². The lowest BCUT2D eigenvalue weighted by molar-refractivity contribution is -0.148. The third-order valence-electron chi connectivity index (χ3n) is 6.32. The van der Waals surface area contributed by atoms with Crippen LogP contribution >= 0.6 is 0 Å². The summed E-state index contributed by atoms with van der Waals surface area (Å²) in [7, 11) is 0. The molecular weight excluding hydrogens is 540 g/mol. The van der Waals surface area contributed by atoms with Crippen LogP contribution in [0.4, 0.5) is 10.5 Å². The SMILES string of the molecule is CC(C)NCCCCC(=O)N[C@H](C(=O)N[C@@H](CCCNC(N)=O)C(=O)Nc1ccc(COC(=O)C(C)C)cc1)C(C)C. The van der Waals surface area contributed by atoms with Gasteiger partial charge >= 0.3 is 12.0 Å². The van der Waals surface area contributed by atoms with E-state index >= 15 is 0 Å². The Morgan fingerprint density at radius 1 is 0.833 bits per heavy atom. The number of hydrogen-bond acceptors (Lipinski definition) is 7. The maximum atomic E-state index is 13.3. The Kier molecular flexibility index (Phi) is 16.8. The van der Waals surface area contributed by atoms with Crippen LogP contribution in [-0.4, -0.2) is 60.9 Å². The molecular formula is C30H50N6O6. The van der Waals surface area contributed by atoms with Gasteiger partial charge in [-0.05, 0) is 55.8 Å². The van der Waals surface area contributed by atoms with Crippen molar-refractivity contribution in [1.29, 1.82) is 0 Å². The van der Waals surface area contributed by atoms with Gasteiger partial charge in [0.1, 0.15) is 18.7 Å². The minimum absolute atomic E-state index is 0.119. The van der Waals surface area contributed by atoms with Gasteiger partial charge in [-0.3, -0.25) is 19.2 Å². The van der Waals surface area contributed by atoms with E-state index in [0.29, 0.717) is 31.0 Å². The normalized spacial score (nSPS) is 12.5. The molecule has 1 aromatic carbocycles. The highest BCUT2D eigenvalue weighted by Gasteiger charge is 2.28.